The van der Waals surface area contributed by atoms with E-state index in [0.29, 0.717) is 6.61 Å². The van der Waals surface area contributed by atoms with Crippen molar-refractivity contribution in [2.75, 3.05) is 13.2 Å². The van der Waals surface area contributed by atoms with Crippen molar-refractivity contribution in [1.29, 1.82) is 0 Å². The van der Waals surface area contributed by atoms with Gasteiger partial charge in [-0.2, -0.15) is 0 Å². The number of aliphatic hydroxyl groups excluding tert-OH is 1. The highest BCUT2D eigenvalue weighted by molar-refractivity contribution is 5.34. The van der Waals surface area contributed by atoms with Gasteiger partial charge in [0.15, 0.2) is 0 Å². The molecule has 3 rings (SSSR count). The van der Waals surface area contributed by atoms with Crippen molar-refractivity contribution in [2.45, 2.75) is 31.5 Å². The van der Waals surface area contributed by atoms with Gasteiger partial charge in [-0.25, -0.2) is 0 Å². The van der Waals surface area contributed by atoms with Crippen LogP contribution in [0.1, 0.15) is 30.0 Å². The molecule has 2 aliphatic rings. The monoisotopic (exact) mass is 233 g/mol. The van der Waals surface area contributed by atoms with E-state index in [9.17, 15) is 5.11 Å². The minimum Gasteiger partial charge on any atom is -0.391 e. The van der Waals surface area contributed by atoms with Gasteiger partial charge in [0.05, 0.1) is 18.8 Å². The normalized spacial score (nSPS) is 29.9. The zero-order chi connectivity index (χ0) is 11.7. The molecule has 0 bridgehead atoms. The Labute approximate surface area is 102 Å². The first-order valence-electron chi connectivity index (χ1n) is 6.43. The molecule has 0 aromatic heterocycles. The topological polar surface area (TPSA) is 41.5 Å². The number of benzene rings is 1. The highest BCUT2D eigenvalue weighted by atomic mass is 16.5. The Morgan fingerprint density at radius 3 is 3.06 bits per heavy atom. The van der Waals surface area contributed by atoms with Crippen molar-refractivity contribution in [3.05, 3.63) is 35.4 Å². The molecule has 3 atom stereocenters. The van der Waals surface area contributed by atoms with Crippen LogP contribution >= 0.6 is 0 Å². The average Bonchev–Trinajstić information content (AvgIpc) is 2.83. The molecule has 0 spiro atoms. The summed E-state index contributed by atoms with van der Waals surface area (Å²) in [4.78, 5) is 0. The smallest absolute Gasteiger partial charge is 0.0785 e. The Morgan fingerprint density at radius 1 is 1.35 bits per heavy atom. The van der Waals surface area contributed by atoms with Crippen LogP contribution in [0.15, 0.2) is 24.3 Å². The van der Waals surface area contributed by atoms with Crippen LogP contribution in [0.4, 0.5) is 0 Å². The summed E-state index contributed by atoms with van der Waals surface area (Å²) in [5.74, 6) is 0.271. The molecule has 2 heterocycles. The quantitative estimate of drug-likeness (QED) is 0.815. The van der Waals surface area contributed by atoms with E-state index in [1.807, 2.05) is 6.07 Å². The lowest BCUT2D eigenvalue weighted by Gasteiger charge is -2.30. The Balaban J connectivity index is 1.76. The van der Waals surface area contributed by atoms with Crippen molar-refractivity contribution in [3.63, 3.8) is 0 Å². The molecule has 17 heavy (non-hydrogen) atoms. The summed E-state index contributed by atoms with van der Waals surface area (Å²) in [6.45, 7) is 2.41. The minimum absolute atomic E-state index is 0.0814. The molecule has 0 amide bonds. The third-order valence-corrected chi connectivity index (χ3v) is 3.92. The van der Waals surface area contributed by atoms with E-state index in [2.05, 4.69) is 23.5 Å². The first kappa shape index (κ1) is 11.2. The van der Waals surface area contributed by atoms with Crippen LogP contribution in [0.25, 0.3) is 0 Å². The Kier molecular flexibility index (Phi) is 3.14. The van der Waals surface area contributed by atoms with Crippen LogP contribution in [0.2, 0.25) is 0 Å². The van der Waals surface area contributed by atoms with E-state index < -0.39 is 0 Å². The van der Waals surface area contributed by atoms with Gasteiger partial charge < -0.3 is 15.2 Å². The van der Waals surface area contributed by atoms with Gasteiger partial charge in [0.1, 0.15) is 0 Å². The van der Waals surface area contributed by atoms with Crippen LogP contribution in [0, 0.1) is 5.92 Å². The summed E-state index contributed by atoms with van der Waals surface area (Å²) in [5.41, 5.74) is 2.57. The summed E-state index contributed by atoms with van der Waals surface area (Å²) in [6.07, 6.45) is 1.80. The second kappa shape index (κ2) is 4.77. The van der Waals surface area contributed by atoms with Crippen molar-refractivity contribution < 1.29 is 9.84 Å². The summed E-state index contributed by atoms with van der Waals surface area (Å²) >= 11 is 0. The van der Waals surface area contributed by atoms with Crippen molar-refractivity contribution in [2.24, 2.45) is 5.92 Å². The molecule has 1 aromatic rings. The van der Waals surface area contributed by atoms with Crippen LogP contribution in [0.3, 0.4) is 0 Å². The number of fused-ring (bicyclic) bond motifs is 1. The van der Waals surface area contributed by atoms with Gasteiger partial charge in [0.2, 0.25) is 0 Å². The average molecular weight is 233 g/mol. The van der Waals surface area contributed by atoms with Crippen molar-refractivity contribution >= 4 is 0 Å². The number of aliphatic hydroxyl groups is 1. The molecule has 3 nitrogen and oxygen atoms in total. The molecule has 92 valence electrons. The number of ether oxygens (including phenoxy) is 1. The summed E-state index contributed by atoms with van der Waals surface area (Å²) in [5, 5.41) is 13.9. The number of hydrogen-bond acceptors (Lipinski definition) is 3. The molecule has 3 heteroatoms. The maximum atomic E-state index is 10.5. The zero-order valence-corrected chi connectivity index (χ0v) is 9.93. The lowest BCUT2D eigenvalue weighted by atomic mass is 9.88. The molecule has 0 aliphatic carbocycles. The van der Waals surface area contributed by atoms with Crippen LogP contribution < -0.4 is 5.32 Å². The third-order valence-electron chi connectivity index (χ3n) is 3.92. The van der Waals surface area contributed by atoms with E-state index in [4.69, 9.17) is 4.74 Å². The molecule has 2 aliphatic heterocycles. The first-order valence-corrected chi connectivity index (χ1v) is 6.43. The van der Waals surface area contributed by atoms with Crippen LogP contribution in [-0.4, -0.2) is 24.4 Å². The SMILES string of the molecule is OC(C1CCCOC1)C1NCc2ccccc21. The Bertz CT molecular complexity index is 388. The minimum atomic E-state index is -0.334. The van der Waals surface area contributed by atoms with Gasteiger partial charge in [-0.05, 0) is 24.0 Å². The predicted octanol–water partition coefficient (Wildman–Crippen LogP) is 1.62. The number of nitrogens with one attached hydrogen (secondary N) is 1. The highest BCUT2D eigenvalue weighted by Crippen LogP contribution is 2.32. The number of hydrogen-bond donors (Lipinski definition) is 2. The fourth-order valence-electron chi connectivity index (χ4n) is 2.94. The van der Waals surface area contributed by atoms with Gasteiger partial charge in [0, 0.05) is 19.1 Å². The molecular formula is C14H19NO2. The van der Waals surface area contributed by atoms with Crippen LogP contribution in [0.5, 0.6) is 0 Å². The van der Waals surface area contributed by atoms with Gasteiger partial charge in [-0.15, -0.1) is 0 Å². The molecule has 1 saturated heterocycles. The Hall–Kier alpha value is -0.900. The van der Waals surface area contributed by atoms with E-state index in [-0.39, 0.29) is 18.1 Å². The van der Waals surface area contributed by atoms with Crippen molar-refractivity contribution in [3.8, 4) is 0 Å². The molecule has 1 aromatic carbocycles. The molecule has 1 fully saturated rings. The van der Waals surface area contributed by atoms with E-state index in [1.165, 1.54) is 11.1 Å². The lowest BCUT2D eigenvalue weighted by molar-refractivity contribution is -0.0227. The van der Waals surface area contributed by atoms with Gasteiger partial charge in [-0.1, -0.05) is 24.3 Å². The molecular weight excluding hydrogens is 214 g/mol. The molecule has 2 N–H and O–H groups in total. The van der Waals surface area contributed by atoms with Crippen LogP contribution in [-0.2, 0) is 11.3 Å². The van der Waals surface area contributed by atoms with E-state index in [1.54, 1.807) is 0 Å². The molecule has 3 unspecified atom stereocenters. The third kappa shape index (κ3) is 2.10. The van der Waals surface area contributed by atoms with Gasteiger partial charge in [0.25, 0.3) is 0 Å². The Morgan fingerprint density at radius 2 is 2.24 bits per heavy atom. The second-order valence-corrected chi connectivity index (χ2v) is 5.03. The molecule has 0 saturated carbocycles. The second-order valence-electron chi connectivity index (χ2n) is 5.03. The summed E-state index contributed by atoms with van der Waals surface area (Å²) in [6, 6.07) is 8.43. The fraction of sp³-hybridized carbons (Fsp3) is 0.571. The molecule has 0 radical (unpaired) electrons. The van der Waals surface area contributed by atoms with E-state index in [0.717, 1.165) is 26.0 Å². The highest BCUT2D eigenvalue weighted by Gasteiger charge is 2.33. The fourth-order valence-corrected chi connectivity index (χ4v) is 2.94. The largest absolute Gasteiger partial charge is 0.391 e. The van der Waals surface area contributed by atoms with Gasteiger partial charge in [-0.3, -0.25) is 0 Å². The summed E-state index contributed by atoms with van der Waals surface area (Å²) < 4.78 is 5.46. The zero-order valence-electron chi connectivity index (χ0n) is 9.93. The first-order chi connectivity index (χ1) is 8.36. The van der Waals surface area contributed by atoms with Crippen molar-refractivity contribution in [1.82, 2.24) is 5.32 Å². The van der Waals surface area contributed by atoms with E-state index >= 15 is 0 Å². The summed E-state index contributed by atoms with van der Waals surface area (Å²) in [7, 11) is 0. The number of rotatable bonds is 2. The predicted molar refractivity (Wildman–Crippen MR) is 65.6 cm³/mol. The lowest BCUT2D eigenvalue weighted by Crippen LogP contribution is -2.37. The maximum Gasteiger partial charge on any atom is 0.0785 e. The van der Waals surface area contributed by atoms with Gasteiger partial charge >= 0.3 is 0 Å². The standard InChI is InChI=1S/C14H19NO2/c16-14(11-5-3-7-17-9-11)13-12-6-2-1-4-10(12)8-15-13/h1-2,4,6,11,13-16H,3,5,7-9H2. The maximum absolute atomic E-state index is 10.5.